The van der Waals surface area contributed by atoms with Gasteiger partial charge in [0.25, 0.3) is 0 Å². The van der Waals surface area contributed by atoms with Gasteiger partial charge >= 0.3 is 0 Å². The Morgan fingerprint density at radius 2 is 2.27 bits per heavy atom. The molecule has 1 amide bonds. The van der Waals surface area contributed by atoms with Gasteiger partial charge in [0, 0.05) is 12.6 Å². The van der Waals surface area contributed by atoms with Crippen molar-refractivity contribution in [3.63, 3.8) is 0 Å². The van der Waals surface area contributed by atoms with Crippen LogP contribution in [0, 0.1) is 5.92 Å². The van der Waals surface area contributed by atoms with E-state index in [1.165, 1.54) is 0 Å². The zero-order chi connectivity index (χ0) is 11.5. The van der Waals surface area contributed by atoms with E-state index in [0.29, 0.717) is 19.4 Å². The van der Waals surface area contributed by atoms with Crippen molar-refractivity contribution in [3.8, 4) is 0 Å². The molecule has 0 saturated carbocycles. The van der Waals surface area contributed by atoms with Crippen LogP contribution >= 0.6 is 0 Å². The minimum Gasteiger partial charge on any atom is -0.356 e. The maximum Gasteiger partial charge on any atom is 0.224 e. The normalized spacial score (nSPS) is 26.1. The van der Waals surface area contributed by atoms with Crippen molar-refractivity contribution in [2.75, 3.05) is 18.1 Å². The lowest BCUT2D eigenvalue weighted by Gasteiger charge is -2.10. The van der Waals surface area contributed by atoms with E-state index in [2.05, 4.69) is 5.32 Å². The average Bonchev–Trinajstić information content (AvgIpc) is 2.45. The van der Waals surface area contributed by atoms with Crippen LogP contribution in [0.5, 0.6) is 0 Å². The van der Waals surface area contributed by atoms with E-state index in [1.54, 1.807) is 0 Å². The minimum atomic E-state index is -2.97. The third kappa shape index (κ3) is 4.17. The van der Waals surface area contributed by atoms with E-state index < -0.39 is 9.84 Å². The van der Waals surface area contributed by atoms with Crippen LogP contribution < -0.4 is 11.1 Å². The van der Waals surface area contributed by atoms with E-state index >= 15 is 0 Å². The molecular weight excluding hydrogens is 216 g/mol. The molecule has 3 N–H and O–H groups in total. The molecule has 0 radical (unpaired) electrons. The molecule has 0 aromatic rings. The van der Waals surface area contributed by atoms with Crippen molar-refractivity contribution in [3.05, 3.63) is 0 Å². The topological polar surface area (TPSA) is 89.3 Å². The lowest BCUT2D eigenvalue weighted by atomic mass is 10.1. The van der Waals surface area contributed by atoms with Gasteiger partial charge in [-0.1, -0.05) is 0 Å². The van der Waals surface area contributed by atoms with Gasteiger partial charge < -0.3 is 11.1 Å². The molecule has 1 aliphatic heterocycles. The van der Waals surface area contributed by atoms with Crippen LogP contribution in [0.4, 0.5) is 0 Å². The second-order valence-electron chi connectivity index (χ2n) is 4.16. The van der Waals surface area contributed by atoms with Crippen LogP contribution in [0.1, 0.15) is 19.8 Å². The first-order valence-corrected chi connectivity index (χ1v) is 6.96. The van der Waals surface area contributed by atoms with E-state index in [9.17, 15) is 13.2 Å². The van der Waals surface area contributed by atoms with Crippen LogP contribution in [0.15, 0.2) is 0 Å². The Kier molecular flexibility index (Phi) is 4.10. The van der Waals surface area contributed by atoms with Crippen molar-refractivity contribution in [1.29, 1.82) is 0 Å². The molecule has 1 aliphatic rings. The highest BCUT2D eigenvalue weighted by Gasteiger charge is 2.32. The van der Waals surface area contributed by atoms with Gasteiger partial charge in [-0.2, -0.15) is 0 Å². The van der Waals surface area contributed by atoms with E-state index in [4.69, 9.17) is 5.73 Å². The highest BCUT2D eigenvalue weighted by atomic mass is 32.2. The first-order valence-electron chi connectivity index (χ1n) is 5.14. The number of nitrogens with one attached hydrogen (secondary N) is 1. The highest BCUT2D eigenvalue weighted by molar-refractivity contribution is 7.91. The molecule has 1 saturated heterocycles. The SMILES string of the molecule is CC(N)CCNC(=O)C1CCS(=O)(=O)C1. The number of rotatable bonds is 4. The number of nitrogens with two attached hydrogens (primary N) is 1. The van der Waals surface area contributed by atoms with Crippen LogP contribution in [-0.2, 0) is 14.6 Å². The highest BCUT2D eigenvalue weighted by Crippen LogP contribution is 2.18. The van der Waals surface area contributed by atoms with E-state index in [-0.39, 0.29) is 29.4 Å². The fourth-order valence-electron chi connectivity index (χ4n) is 1.57. The van der Waals surface area contributed by atoms with Crippen molar-refractivity contribution in [2.24, 2.45) is 11.7 Å². The zero-order valence-electron chi connectivity index (χ0n) is 8.90. The molecular formula is C9H18N2O3S. The fraction of sp³-hybridized carbons (Fsp3) is 0.889. The van der Waals surface area contributed by atoms with Gasteiger partial charge in [0.15, 0.2) is 9.84 Å². The molecule has 1 fully saturated rings. The van der Waals surface area contributed by atoms with Gasteiger partial charge in [0.2, 0.25) is 5.91 Å². The summed E-state index contributed by atoms with van der Waals surface area (Å²) in [6.07, 6.45) is 1.16. The molecule has 1 heterocycles. The molecule has 15 heavy (non-hydrogen) atoms. The fourth-order valence-corrected chi connectivity index (χ4v) is 3.31. The van der Waals surface area contributed by atoms with Gasteiger partial charge in [-0.25, -0.2) is 8.42 Å². The maximum absolute atomic E-state index is 11.5. The lowest BCUT2D eigenvalue weighted by Crippen LogP contribution is -2.34. The minimum absolute atomic E-state index is 0.00296. The molecule has 2 unspecified atom stereocenters. The quantitative estimate of drug-likeness (QED) is 0.671. The second-order valence-corrected chi connectivity index (χ2v) is 6.39. The van der Waals surface area contributed by atoms with Crippen LogP contribution in [0.25, 0.3) is 0 Å². The molecule has 2 atom stereocenters. The molecule has 0 bridgehead atoms. The average molecular weight is 234 g/mol. The molecule has 0 spiro atoms. The summed E-state index contributed by atoms with van der Waals surface area (Å²) in [6, 6.07) is 0.0533. The van der Waals surface area contributed by atoms with Gasteiger partial charge in [0.05, 0.1) is 17.4 Å². The number of carbonyl (C=O) groups is 1. The van der Waals surface area contributed by atoms with Gasteiger partial charge in [-0.3, -0.25) is 4.79 Å². The predicted octanol–water partition coefficient (Wildman–Crippen LogP) is -0.725. The first kappa shape index (κ1) is 12.4. The summed E-state index contributed by atoms with van der Waals surface area (Å²) in [6.45, 7) is 2.39. The Balaban J connectivity index is 2.30. The molecule has 0 aromatic carbocycles. The smallest absolute Gasteiger partial charge is 0.224 e. The Morgan fingerprint density at radius 3 is 2.73 bits per heavy atom. The summed E-state index contributed by atoms with van der Waals surface area (Å²) < 4.78 is 22.3. The van der Waals surface area contributed by atoms with Crippen molar-refractivity contribution in [1.82, 2.24) is 5.32 Å². The maximum atomic E-state index is 11.5. The number of hydrogen-bond acceptors (Lipinski definition) is 4. The summed E-state index contributed by atoms with van der Waals surface area (Å²) in [5.74, 6) is -0.380. The van der Waals surface area contributed by atoms with Gasteiger partial charge in [0.1, 0.15) is 0 Å². The molecule has 88 valence electrons. The van der Waals surface area contributed by atoms with Crippen LogP contribution in [-0.4, -0.2) is 38.4 Å². The number of hydrogen-bond donors (Lipinski definition) is 2. The summed E-state index contributed by atoms with van der Waals surface area (Å²) >= 11 is 0. The number of amides is 1. The Hall–Kier alpha value is -0.620. The third-order valence-corrected chi connectivity index (χ3v) is 4.27. The first-order chi connectivity index (χ1) is 6.91. The number of sulfone groups is 1. The van der Waals surface area contributed by atoms with Gasteiger partial charge in [-0.15, -0.1) is 0 Å². The second kappa shape index (κ2) is 4.94. The molecule has 0 aromatic heterocycles. The van der Waals surface area contributed by atoms with Crippen molar-refractivity contribution in [2.45, 2.75) is 25.8 Å². The Labute approximate surface area is 90.3 Å². The summed E-state index contributed by atoms with van der Waals surface area (Å²) in [5, 5.41) is 2.71. The summed E-state index contributed by atoms with van der Waals surface area (Å²) in [7, 11) is -2.97. The third-order valence-electron chi connectivity index (χ3n) is 2.50. The molecule has 5 nitrogen and oxygen atoms in total. The lowest BCUT2D eigenvalue weighted by molar-refractivity contribution is -0.124. The Bertz CT molecular complexity index is 324. The van der Waals surface area contributed by atoms with Crippen molar-refractivity contribution < 1.29 is 13.2 Å². The number of carbonyl (C=O) groups excluding carboxylic acids is 1. The summed E-state index contributed by atoms with van der Waals surface area (Å²) in [5.41, 5.74) is 5.53. The Morgan fingerprint density at radius 1 is 1.60 bits per heavy atom. The molecule has 1 rings (SSSR count). The van der Waals surface area contributed by atoms with E-state index in [0.717, 1.165) is 0 Å². The summed E-state index contributed by atoms with van der Waals surface area (Å²) in [4.78, 5) is 11.5. The molecule has 0 aliphatic carbocycles. The van der Waals surface area contributed by atoms with Crippen molar-refractivity contribution >= 4 is 15.7 Å². The standard InChI is InChI=1S/C9H18N2O3S/c1-7(10)2-4-11-9(12)8-3-5-15(13,14)6-8/h7-8H,2-6,10H2,1H3,(H,11,12). The monoisotopic (exact) mass is 234 g/mol. The van der Waals surface area contributed by atoms with Crippen LogP contribution in [0.2, 0.25) is 0 Å². The zero-order valence-corrected chi connectivity index (χ0v) is 9.72. The van der Waals surface area contributed by atoms with Gasteiger partial charge in [-0.05, 0) is 19.8 Å². The van der Waals surface area contributed by atoms with Crippen LogP contribution in [0.3, 0.4) is 0 Å². The predicted molar refractivity (Wildman–Crippen MR) is 58.0 cm³/mol. The molecule has 6 heteroatoms. The largest absolute Gasteiger partial charge is 0.356 e. The van der Waals surface area contributed by atoms with E-state index in [1.807, 2.05) is 6.92 Å².